The Kier molecular flexibility index (Phi) is 6.66. The van der Waals surface area contributed by atoms with Crippen molar-refractivity contribution in [2.75, 3.05) is 0 Å². The van der Waals surface area contributed by atoms with E-state index in [0.717, 1.165) is 13.0 Å². The SMILES string of the molecule is Clc1c(Cl)[n+](Cc2ccc3ccccc3c2)cn1CCc1ccc2ccccc2c1.[Br-]. The summed E-state index contributed by atoms with van der Waals surface area (Å²) in [5, 5.41) is 6.15. The van der Waals surface area contributed by atoms with Crippen molar-refractivity contribution in [3.63, 3.8) is 0 Å². The molecule has 5 heteroatoms. The van der Waals surface area contributed by atoms with Gasteiger partial charge in [-0.05, 0) is 61.9 Å². The van der Waals surface area contributed by atoms with Crippen molar-refractivity contribution < 1.29 is 21.5 Å². The second-order valence-electron chi connectivity index (χ2n) is 7.63. The summed E-state index contributed by atoms with van der Waals surface area (Å²) in [7, 11) is 0. The van der Waals surface area contributed by atoms with Crippen LogP contribution in [0.3, 0.4) is 0 Å². The van der Waals surface area contributed by atoms with Gasteiger partial charge in [-0.2, -0.15) is 0 Å². The number of aromatic nitrogens is 2. The minimum Gasteiger partial charge on any atom is -1.00 e. The van der Waals surface area contributed by atoms with E-state index in [0.29, 0.717) is 16.9 Å². The molecule has 0 fully saturated rings. The van der Waals surface area contributed by atoms with Crippen molar-refractivity contribution in [2.45, 2.75) is 19.5 Å². The lowest BCUT2D eigenvalue weighted by Crippen LogP contribution is -3.00. The lowest BCUT2D eigenvalue weighted by Gasteiger charge is -2.03. The van der Waals surface area contributed by atoms with Gasteiger partial charge in [0.1, 0.15) is 6.54 Å². The maximum atomic E-state index is 6.55. The average Bonchev–Trinajstić information content (AvgIpc) is 3.05. The molecular weight excluding hydrogens is 491 g/mol. The summed E-state index contributed by atoms with van der Waals surface area (Å²) < 4.78 is 4.04. The summed E-state index contributed by atoms with van der Waals surface area (Å²) in [5.74, 6) is 0. The Labute approximate surface area is 202 Å². The highest BCUT2D eigenvalue weighted by Crippen LogP contribution is 2.22. The van der Waals surface area contributed by atoms with Gasteiger partial charge >= 0.3 is 0 Å². The van der Waals surface area contributed by atoms with Crippen LogP contribution < -0.4 is 21.5 Å². The van der Waals surface area contributed by atoms with Crippen molar-refractivity contribution in [3.05, 3.63) is 113 Å². The van der Waals surface area contributed by atoms with Crippen LogP contribution in [-0.4, -0.2) is 4.57 Å². The van der Waals surface area contributed by atoms with E-state index in [1.54, 1.807) is 0 Å². The molecule has 0 radical (unpaired) electrons. The van der Waals surface area contributed by atoms with Gasteiger partial charge in [-0.25, -0.2) is 9.13 Å². The van der Waals surface area contributed by atoms with Crippen LogP contribution in [0.25, 0.3) is 21.5 Å². The number of halogens is 3. The molecular formula is C26H21BrCl2N2. The molecule has 0 saturated heterocycles. The molecule has 5 rings (SSSR count). The monoisotopic (exact) mass is 510 g/mol. The Hall–Kier alpha value is -2.33. The van der Waals surface area contributed by atoms with E-state index in [-0.39, 0.29) is 17.0 Å². The first kappa shape index (κ1) is 21.9. The summed E-state index contributed by atoms with van der Waals surface area (Å²) in [5.41, 5.74) is 2.49. The van der Waals surface area contributed by atoms with Gasteiger partial charge in [-0.3, -0.25) is 0 Å². The van der Waals surface area contributed by atoms with Gasteiger partial charge in [-0.15, -0.1) is 0 Å². The van der Waals surface area contributed by atoms with Gasteiger partial charge in [0.25, 0.3) is 10.3 Å². The van der Waals surface area contributed by atoms with Crippen molar-refractivity contribution in [1.82, 2.24) is 4.57 Å². The average molecular weight is 512 g/mol. The van der Waals surface area contributed by atoms with Crippen LogP contribution >= 0.6 is 23.2 Å². The van der Waals surface area contributed by atoms with E-state index < -0.39 is 0 Å². The highest BCUT2D eigenvalue weighted by Gasteiger charge is 2.20. The normalized spacial score (nSPS) is 11.0. The predicted octanol–water partition coefficient (Wildman–Crippen LogP) is 3.68. The van der Waals surface area contributed by atoms with Gasteiger partial charge in [0.2, 0.25) is 6.33 Å². The zero-order valence-corrected chi connectivity index (χ0v) is 19.9. The van der Waals surface area contributed by atoms with E-state index in [4.69, 9.17) is 23.2 Å². The Morgan fingerprint density at radius 3 is 1.87 bits per heavy atom. The number of fused-ring (bicyclic) bond motifs is 2. The lowest BCUT2D eigenvalue weighted by atomic mass is 10.1. The van der Waals surface area contributed by atoms with E-state index in [2.05, 4.69) is 84.9 Å². The second kappa shape index (κ2) is 9.44. The first-order chi connectivity index (χ1) is 14.7. The fraction of sp³-hybridized carbons (Fsp3) is 0.115. The largest absolute Gasteiger partial charge is 1.00 e. The molecule has 1 aromatic heterocycles. The molecule has 0 aliphatic rings. The molecule has 0 saturated carbocycles. The van der Waals surface area contributed by atoms with Crippen LogP contribution in [0.1, 0.15) is 11.1 Å². The Morgan fingerprint density at radius 1 is 0.677 bits per heavy atom. The third-order valence-electron chi connectivity index (χ3n) is 5.58. The molecule has 0 amide bonds. The zero-order valence-electron chi connectivity index (χ0n) is 16.8. The van der Waals surface area contributed by atoms with Crippen molar-refractivity contribution in [1.29, 1.82) is 0 Å². The first-order valence-corrected chi connectivity index (χ1v) is 10.8. The highest BCUT2D eigenvalue weighted by atomic mass is 79.9. The molecule has 0 spiro atoms. The zero-order chi connectivity index (χ0) is 20.5. The van der Waals surface area contributed by atoms with E-state index in [1.165, 1.54) is 32.7 Å². The quantitative estimate of drug-likeness (QED) is 0.318. The van der Waals surface area contributed by atoms with Crippen LogP contribution in [0, 0.1) is 0 Å². The number of nitrogens with zero attached hydrogens (tertiary/aromatic N) is 2. The Bertz CT molecular complexity index is 1360. The molecule has 0 aliphatic carbocycles. The third-order valence-corrected chi connectivity index (χ3v) is 6.46. The number of imidazole rings is 1. The maximum absolute atomic E-state index is 6.55. The van der Waals surface area contributed by atoms with Gasteiger partial charge in [0.05, 0.1) is 6.54 Å². The van der Waals surface area contributed by atoms with Crippen molar-refractivity contribution in [3.8, 4) is 0 Å². The molecule has 0 aliphatic heterocycles. The Balaban J connectivity index is 0.00000231. The molecule has 31 heavy (non-hydrogen) atoms. The van der Waals surface area contributed by atoms with Gasteiger partial charge in [0.15, 0.2) is 0 Å². The standard InChI is InChI=1S/C26H21Cl2N2.BrH/c27-25-26(28)30(17-20-10-12-22-6-2-4-8-24(22)16-20)18-29(25)14-13-19-9-11-21-5-1-3-7-23(21)15-19;/h1-12,15-16,18H,13-14,17H2;1H/q+1;/p-1. The van der Waals surface area contributed by atoms with Crippen LogP contribution in [-0.2, 0) is 19.5 Å². The van der Waals surface area contributed by atoms with E-state index >= 15 is 0 Å². The molecule has 4 aromatic carbocycles. The lowest BCUT2D eigenvalue weighted by molar-refractivity contribution is -0.685. The molecule has 156 valence electrons. The van der Waals surface area contributed by atoms with Crippen molar-refractivity contribution in [2.24, 2.45) is 0 Å². The number of hydrogen-bond acceptors (Lipinski definition) is 0. The minimum absolute atomic E-state index is 0. The maximum Gasteiger partial charge on any atom is 0.255 e. The number of hydrogen-bond donors (Lipinski definition) is 0. The first-order valence-electron chi connectivity index (χ1n) is 10.1. The molecule has 1 heterocycles. The number of aryl methyl sites for hydroxylation is 2. The predicted molar refractivity (Wildman–Crippen MR) is 125 cm³/mol. The fourth-order valence-corrected chi connectivity index (χ4v) is 4.40. The number of benzene rings is 4. The summed E-state index contributed by atoms with van der Waals surface area (Å²) in [6.45, 7) is 1.47. The minimum atomic E-state index is 0. The van der Waals surface area contributed by atoms with Crippen LogP contribution in [0.15, 0.2) is 91.3 Å². The van der Waals surface area contributed by atoms with Gasteiger partial charge in [0, 0.05) is 6.42 Å². The van der Waals surface area contributed by atoms with Crippen LogP contribution in [0.5, 0.6) is 0 Å². The summed E-state index contributed by atoms with van der Waals surface area (Å²) >= 11 is 13.1. The molecule has 0 unspecified atom stereocenters. The van der Waals surface area contributed by atoms with E-state index in [1.807, 2.05) is 15.5 Å². The second-order valence-corrected chi connectivity index (χ2v) is 8.35. The summed E-state index contributed by atoms with van der Waals surface area (Å²) in [6, 6.07) is 29.9. The molecule has 0 atom stereocenters. The Morgan fingerprint density at radius 2 is 1.23 bits per heavy atom. The molecule has 0 bridgehead atoms. The van der Waals surface area contributed by atoms with Gasteiger partial charge < -0.3 is 17.0 Å². The number of rotatable bonds is 5. The topological polar surface area (TPSA) is 8.81 Å². The van der Waals surface area contributed by atoms with Crippen LogP contribution in [0.4, 0.5) is 0 Å². The summed E-state index contributed by atoms with van der Waals surface area (Å²) in [6.07, 6.45) is 2.91. The smallest absolute Gasteiger partial charge is 0.255 e. The van der Waals surface area contributed by atoms with Gasteiger partial charge in [-0.1, -0.05) is 78.9 Å². The highest BCUT2D eigenvalue weighted by molar-refractivity contribution is 6.39. The molecule has 5 aromatic rings. The van der Waals surface area contributed by atoms with Crippen molar-refractivity contribution >= 4 is 44.7 Å². The molecule has 2 nitrogen and oxygen atoms in total. The molecule has 0 N–H and O–H groups in total. The van der Waals surface area contributed by atoms with Crippen LogP contribution in [0.2, 0.25) is 10.3 Å². The summed E-state index contributed by atoms with van der Waals surface area (Å²) in [4.78, 5) is 0. The fourth-order valence-electron chi connectivity index (χ4n) is 3.95. The van der Waals surface area contributed by atoms with E-state index in [9.17, 15) is 0 Å². The third kappa shape index (κ3) is 4.64.